The predicted molar refractivity (Wildman–Crippen MR) is 82.6 cm³/mol. The summed E-state index contributed by atoms with van der Waals surface area (Å²) in [4.78, 5) is 22.8. The van der Waals surface area contributed by atoms with Crippen molar-refractivity contribution in [2.24, 2.45) is 0 Å². The molecule has 2 aromatic rings. The van der Waals surface area contributed by atoms with Gasteiger partial charge >= 0.3 is 5.97 Å². The van der Waals surface area contributed by atoms with Gasteiger partial charge in [0.2, 0.25) is 5.91 Å². The topological polar surface area (TPSA) is 55.4 Å². The van der Waals surface area contributed by atoms with Gasteiger partial charge in [0.1, 0.15) is 6.54 Å². The number of fused-ring (bicyclic) bond motifs is 1. The second-order valence-corrected chi connectivity index (χ2v) is 4.42. The van der Waals surface area contributed by atoms with E-state index in [-0.39, 0.29) is 12.5 Å². The lowest BCUT2D eigenvalue weighted by Crippen LogP contribution is -2.29. The van der Waals surface area contributed by atoms with E-state index in [1.807, 2.05) is 42.5 Å². The molecule has 0 heterocycles. The fourth-order valence-corrected chi connectivity index (χ4v) is 1.99. The molecule has 0 bridgehead atoms. The van der Waals surface area contributed by atoms with Crippen LogP contribution in [-0.2, 0) is 14.3 Å². The Balaban J connectivity index is 2.02. The van der Waals surface area contributed by atoms with Gasteiger partial charge in [0.15, 0.2) is 0 Å². The number of ether oxygens (including phenoxy) is 1. The van der Waals surface area contributed by atoms with Crippen LogP contribution in [0.1, 0.15) is 12.5 Å². The van der Waals surface area contributed by atoms with Crippen LogP contribution in [0.5, 0.6) is 0 Å². The SMILES string of the molecule is CCOC(=O)CNC(=O)C=Cc1cccc2ccccc12. The first-order chi connectivity index (χ1) is 10.2. The van der Waals surface area contributed by atoms with E-state index in [0.29, 0.717) is 6.61 Å². The molecule has 0 saturated carbocycles. The van der Waals surface area contributed by atoms with Crippen molar-refractivity contribution in [3.63, 3.8) is 0 Å². The van der Waals surface area contributed by atoms with E-state index in [2.05, 4.69) is 5.32 Å². The molecule has 2 rings (SSSR count). The maximum absolute atomic E-state index is 11.7. The first-order valence-corrected chi connectivity index (χ1v) is 6.80. The summed E-state index contributed by atoms with van der Waals surface area (Å²) in [7, 11) is 0. The van der Waals surface area contributed by atoms with Crippen molar-refractivity contribution in [3.8, 4) is 0 Å². The average Bonchev–Trinajstić information content (AvgIpc) is 2.51. The molecule has 0 radical (unpaired) electrons. The summed E-state index contributed by atoms with van der Waals surface area (Å²) in [6.07, 6.45) is 3.16. The quantitative estimate of drug-likeness (QED) is 0.677. The lowest BCUT2D eigenvalue weighted by molar-refractivity contribution is -0.143. The minimum atomic E-state index is -0.440. The van der Waals surface area contributed by atoms with E-state index < -0.39 is 5.97 Å². The van der Waals surface area contributed by atoms with Crippen molar-refractivity contribution in [3.05, 3.63) is 54.1 Å². The lowest BCUT2D eigenvalue weighted by atomic mass is 10.0. The van der Waals surface area contributed by atoms with Gasteiger partial charge in [-0.1, -0.05) is 42.5 Å². The van der Waals surface area contributed by atoms with Crippen molar-refractivity contribution >= 4 is 28.7 Å². The van der Waals surface area contributed by atoms with E-state index in [1.54, 1.807) is 13.0 Å². The number of hydrogen-bond acceptors (Lipinski definition) is 3. The smallest absolute Gasteiger partial charge is 0.325 e. The Morgan fingerprint density at radius 1 is 1.14 bits per heavy atom. The van der Waals surface area contributed by atoms with Crippen LogP contribution in [0.2, 0.25) is 0 Å². The van der Waals surface area contributed by atoms with Gasteiger partial charge in [-0.15, -0.1) is 0 Å². The van der Waals surface area contributed by atoms with Gasteiger partial charge in [-0.25, -0.2) is 0 Å². The molecule has 0 unspecified atom stereocenters. The normalized spacial score (nSPS) is 10.7. The summed E-state index contributed by atoms with van der Waals surface area (Å²) in [6.45, 7) is 1.91. The van der Waals surface area contributed by atoms with Crippen LogP contribution in [0.4, 0.5) is 0 Å². The number of esters is 1. The number of amides is 1. The van der Waals surface area contributed by atoms with Crippen LogP contribution < -0.4 is 5.32 Å². The molecule has 0 fully saturated rings. The van der Waals surface area contributed by atoms with Gasteiger partial charge in [-0.05, 0) is 29.3 Å². The van der Waals surface area contributed by atoms with Crippen LogP contribution in [0.25, 0.3) is 16.8 Å². The molecule has 0 aliphatic carbocycles. The molecule has 108 valence electrons. The molecule has 0 atom stereocenters. The number of carbonyl (C=O) groups excluding carboxylic acids is 2. The van der Waals surface area contributed by atoms with Crippen molar-refractivity contribution in [2.45, 2.75) is 6.92 Å². The molecule has 4 nitrogen and oxygen atoms in total. The monoisotopic (exact) mass is 283 g/mol. The van der Waals surface area contributed by atoms with Gasteiger partial charge in [-0.3, -0.25) is 9.59 Å². The molecular formula is C17H17NO3. The molecule has 4 heteroatoms. The predicted octanol–water partition coefficient (Wildman–Crippen LogP) is 2.53. The third kappa shape index (κ3) is 4.18. The van der Waals surface area contributed by atoms with Gasteiger partial charge in [0, 0.05) is 6.08 Å². The van der Waals surface area contributed by atoms with E-state index >= 15 is 0 Å². The lowest BCUT2D eigenvalue weighted by Gasteiger charge is -2.03. The number of nitrogens with one attached hydrogen (secondary N) is 1. The highest BCUT2D eigenvalue weighted by molar-refractivity contribution is 5.97. The van der Waals surface area contributed by atoms with Crippen molar-refractivity contribution in [1.82, 2.24) is 5.32 Å². The summed E-state index contributed by atoms with van der Waals surface area (Å²) in [6, 6.07) is 13.9. The highest BCUT2D eigenvalue weighted by atomic mass is 16.5. The van der Waals surface area contributed by atoms with E-state index in [1.165, 1.54) is 6.08 Å². The van der Waals surface area contributed by atoms with E-state index in [4.69, 9.17) is 4.74 Å². The second kappa shape index (κ2) is 7.24. The molecule has 0 spiro atoms. The third-order valence-corrected chi connectivity index (χ3v) is 2.95. The molecule has 0 saturated heterocycles. The molecule has 1 N–H and O–H groups in total. The Hall–Kier alpha value is -2.62. The molecule has 0 aromatic heterocycles. The standard InChI is InChI=1S/C17H17NO3/c1-2-21-17(20)12-18-16(19)11-10-14-8-5-7-13-6-3-4-9-15(13)14/h3-11H,2,12H2,1H3,(H,18,19). The number of rotatable bonds is 5. The van der Waals surface area contributed by atoms with Crippen LogP contribution in [0.3, 0.4) is 0 Å². The zero-order valence-corrected chi connectivity index (χ0v) is 11.8. The number of benzene rings is 2. The third-order valence-electron chi connectivity index (χ3n) is 2.95. The van der Waals surface area contributed by atoms with Crippen LogP contribution in [-0.4, -0.2) is 25.0 Å². The Morgan fingerprint density at radius 3 is 2.71 bits per heavy atom. The fourth-order valence-electron chi connectivity index (χ4n) is 1.99. The number of hydrogen-bond donors (Lipinski definition) is 1. The highest BCUT2D eigenvalue weighted by Crippen LogP contribution is 2.19. The summed E-state index contributed by atoms with van der Waals surface area (Å²) < 4.78 is 4.73. The summed E-state index contributed by atoms with van der Waals surface area (Å²) in [5, 5.41) is 4.68. The molecule has 1 amide bonds. The zero-order valence-electron chi connectivity index (χ0n) is 11.8. The maximum Gasteiger partial charge on any atom is 0.325 e. The largest absolute Gasteiger partial charge is 0.465 e. The van der Waals surface area contributed by atoms with Crippen molar-refractivity contribution in [2.75, 3.05) is 13.2 Å². The van der Waals surface area contributed by atoms with E-state index in [0.717, 1.165) is 16.3 Å². The highest BCUT2D eigenvalue weighted by Gasteiger charge is 2.03. The summed E-state index contributed by atoms with van der Waals surface area (Å²) in [5.41, 5.74) is 0.958. The molecule has 0 aliphatic rings. The number of carbonyl (C=O) groups is 2. The van der Waals surface area contributed by atoms with Crippen LogP contribution in [0, 0.1) is 0 Å². The minimum absolute atomic E-state index is 0.119. The average molecular weight is 283 g/mol. The van der Waals surface area contributed by atoms with Gasteiger partial charge in [-0.2, -0.15) is 0 Å². The fraction of sp³-hybridized carbons (Fsp3) is 0.176. The molecule has 2 aromatic carbocycles. The Labute approximate surface area is 123 Å². The van der Waals surface area contributed by atoms with Crippen LogP contribution in [0.15, 0.2) is 48.5 Å². The Bertz CT molecular complexity index is 671. The summed E-state index contributed by atoms with van der Waals surface area (Å²) >= 11 is 0. The van der Waals surface area contributed by atoms with Crippen molar-refractivity contribution in [1.29, 1.82) is 0 Å². The molecular weight excluding hydrogens is 266 g/mol. The van der Waals surface area contributed by atoms with Gasteiger partial charge in [0.05, 0.1) is 6.61 Å². The first kappa shape index (κ1) is 14.8. The first-order valence-electron chi connectivity index (χ1n) is 6.80. The minimum Gasteiger partial charge on any atom is -0.465 e. The Kier molecular flexibility index (Phi) is 5.10. The molecule has 0 aliphatic heterocycles. The Morgan fingerprint density at radius 2 is 1.90 bits per heavy atom. The zero-order chi connectivity index (χ0) is 15.1. The van der Waals surface area contributed by atoms with Crippen molar-refractivity contribution < 1.29 is 14.3 Å². The second-order valence-electron chi connectivity index (χ2n) is 4.42. The van der Waals surface area contributed by atoms with E-state index in [9.17, 15) is 9.59 Å². The van der Waals surface area contributed by atoms with Crippen LogP contribution >= 0.6 is 0 Å². The summed E-state index contributed by atoms with van der Waals surface area (Å²) in [5.74, 6) is -0.764. The van der Waals surface area contributed by atoms with Gasteiger partial charge < -0.3 is 10.1 Å². The molecule has 21 heavy (non-hydrogen) atoms. The van der Waals surface area contributed by atoms with Gasteiger partial charge in [0.25, 0.3) is 0 Å². The maximum atomic E-state index is 11.7.